The van der Waals surface area contributed by atoms with Crippen molar-refractivity contribution >= 4 is 18.2 Å². The Morgan fingerprint density at radius 3 is 2.39 bits per heavy atom. The molecule has 3 aromatic rings. The van der Waals surface area contributed by atoms with Crippen LogP contribution in [-0.4, -0.2) is 50.8 Å². The molecule has 0 amide bonds. The average molecular weight is 403 g/mol. The van der Waals surface area contributed by atoms with Crippen molar-refractivity contribution in [2.45, 2.75) is 20.0 Å². The lowest BCUT2D eigenvalue weighted by Crippen LogP contribution is -2.46. The van der Waals surface area contributed by atoms with E-state index in [1.165, 1.54) is 17.7 Å². The van der Waals surface area contributed by atoms with Gasteiger partial charge in [0.1, 0.15) is 11.5 Å². The van der Waals surface area contributed by atoms with E-state index in [1.807, 2.05) is 10.9 Å². The number of rotatable bonds is 5. The molecule has 0 spiro atoms. The monoisotopic (exact) mass is 402 g/mol. The minimum absolute atomic E-state index is 0. The van der Waals surface area contributed by atoms with E-state index in [4.69, 9.17) is 0 Å². The zero-order valence-electron chi connectivity index (χ0n) is 15.8. The Labute approximate surface area is 170 Å². The van der Waals surface area contributed by atoms with Gasteiger partial charge in [0.2, 0.25) is 0 Å². The molecule has 0 radical (unpaired) electrons. The van der Waals surface area contributed by atoms with Crippen LogP contribution in [0.3, 0.4) is 0 Å². The summed E-state index contributed by atoms with van der Waals surface area (Å²) < 4.78 is 15.2. The topological polar surface area (TPSA) is 50.1 Å². The molecule has 2 aromatic heterocycles. The fourth-order valence-electron chi connectivity index (χ4n) is 3.41. The molecular formula is C20H24ClFN6. The number of benzene rings is 1. The Morgan fingerprint density at radius 1 is 1.00 bits per heavy atom. The van der Waals surface area contributed by atoms with Crippen LogP contribution in [0.4, 0.5) is 10.2 Å². The van der Waals surface area contributed by atoms with Gasteiger partial charge in [-0.1, -0.05) is 0 Å². The van der Waals surface area contributed by atoms with Gasteiger partial charge in [-0.2, -0.15) is 5.10 Å². The summed E-state index contributed by atoms with van der Waals surface area (Å²) in [5, 5.41) is 4.35. The molecule has 0 N–H and O–H groups in total. The molecule has 0 saturated carbocycles. The molecule has 1 aliphatic heterocycles. The molecule has 28 heavy (non-hydrogen) atoms. The molecule has 1 aromatic carbocycles. The van der Waals surface area contributed by atoms with Crippen LogP contribution in [0.2, 0.25) is 0 Å². The van der Waals surface area contributed by atoms with Crippen LogP contribution in [0.5, 0.6) is 0 Å². The van der Waals surface area contributed by atoms with E-state index in [0.717, 1.165) is 56.3 Å². The van der Waals surface area contributed by atoms with Crippen LogP contribution in [0.25, 0.3) is 11.3 Å². The van der Waals surface area contributed by atoms with E-state index >= 15 is 0 Å². The van der Waals surface area contributed by atoms with Gasteiger partial charge in [0.15, 0.2) is 5.82 Å². The number of aryl methyl sites for hydroxylation is 1. The summed E-state index contributed by atoms with van der Waals surface area (Å²) in [6, 6.07) is 6.43. The Hall–Kier alpha value is -2.51. The summed E-state index contributed by atoms with van der Waals surface area (Å²) in [7, 11) is 0. The van der Waals surface area contributed by atoms with Gasteiger partial charge in [-0.3, -0.25) is 14.6 Å². The van der Waals surface area contributed by atoms with E-state index in [-0.39, 0.29) is 18.2 Å². The zero-order valence-corrected chi connectivity index (χ0v) is 16.6. The molecule has 1 aliphatic rings. The third kappa shape index (κ3) is 4.48. The molecule has 3 heterocycles. The first kappa shape index (κ1) is 20.2. The van der Waals surface area contributed by atoms with E-state index in [2.05, 4.69) is 38.0 Å². The lowest BCUT2D eigenvalue weighted by atomic mass is 10.1. The van der Waals surface area contributed by atoms with Crippen molar-refractivity contribution in [2.75, 3.05) is 31.1 Å². The van der Waals surface area contributed by atoms with Gasteiger partial charge in [-0.25, -0.2) is 9.37 Å². The molecule has 4 rings (SSSR count). The Kier molecular flexibility index (Phi) is 6.59. The molecule has 0 unspecified atom stereocenters. The smallest absolute Gasteiger partial charge is 0.155 e. The van der Waals surface area contributed by atoms with Crippen LogP contribution in [0, 0.1) is 5.82 Å². The summed E-state index contributed by atoms with van der Waals surface area (Å²) in [4.78, 5) is 13.8. The van der Waals surface area contributed by atoms with Crippen molar-refractivity contribution in [1.29, 1.82) is 0 Å². The highest BCUT2D eigenvalue weighted by atomic mass is 35.5. The zero-order chi connectivity index (χ0) is 18.6. The molecular weight excluding hydrogens is 379 g/mol. The predicted molar refractivity (Wildman–Crippen MR) is 110 cm³/mol. The summed E-state index contributed by atoms with van der Waals surface area (Å²) in [5.74, 6) is 0.617. The van der Waals surface area contributed by atoms with Crippen molar-refractivity contribution in [3.05, 3.63) is 60.4 Å². The van der Waals surface area contributed by atoms with Gasteiger partial charge >= 0.3 is 0 Å². The summed E-state index contributed by atoms with van der Waals surface area (Å²) in [6.45, 7) is 7.58. The molecule has 1 saturated heterocycles. The largest absolute Gasteiger partial charge is 0.352 e. The number of hydrogen-bond acceptors (Lipinski definition) is 5. The molecule has 0 aliphatic carbocycles. The van der Waals surface area contributed by atoms with Gasteiger partial charge in [0.05, 0.1) is 6.20 Å². The summed E-state index contributed by atoms with van der Waals surface area (Å²) >= 11 is 0. The molecule has 148 valence electrons. The van der Waals surface area contributed by atoms with Crippen molar-refractivity contribution in [3.63, 3.8) is 0 Å². The third-order valence-corrected chi connectivity index (χ3v) is 4.89. The Balaban J connectivity index is 0.00000225. The maximum absolute atomic E-state index is 13.2. The SMILES string of the molecule is CCn1cc(CN2CCN(c3nccnc3-c3ccc(F)cc3)CC2)cn1.Cl. The van der Waals surface area contributed by atoms with Crippen LogP contribution < -0.4 is 4.90 Å². The van der Waals surface area contributed by atoms with E-state index < -0.39 is 0 Å². The molecule has 8 heteroatoms. The van der Waals surface area contributed by atoms with Gasteiger partial charge in [-0.05, 0) is 31.2 Å². The highest BCUT2D eigenvalue weighted by Crippen LogP contribution is 2.27. The standard InChI is InChI=1S/C20H23FN6.ClH/c1-2-27-15-16(13-24-27)14-25-9-11-26(12-10-25)20-19(22-7-8-23-20)17-3-5-18(21)6-4-17;/h3-8,13,15H,2,9-12,14H2,1H3;1H. The minimum Gasteiger partial charge on any atom is -0.352 e. The summed E-state index contributed by atoms with van der Waals surface area (Å²) in [5.41, 5.74) is 2.93. The quantitative estimate of drug-likeness (QED) is 0.655. The van der Waals surface area contributed by atoms with Gasteiger partial charge < -0.3 is 4.90 Å². The second-order valence-electron chi connectivity index (χ2n) is 6.70. The van der Waals surface area contributed by atoms with Gasteiger partial charge in [0.25, 0.3) is 0 Å². The van der Waals surface area contributed by atoms with E-state index in [1.54, 1.807) is 24.5 Å². The highest BCUT2D eigenvalue weighted by molar-refractivity contribution is 5.85. The molecule has 6 nitrogen and oxygen atoms in total. The fourth-order valence-corrected chi connectivity index (χ4v) is 3.41. The second kappa shape index (κ2) is 9.12. The molecule has 1 fully saturated rings. The molecule has 0 bridgehead atoms. The van der Waals surface area contributed by atoms with Crippen molar-refractivity contribution in [1.82, 2.24) is 24.6 Å². The van der Waals surface area contributed by atoms with Crippen LogP contribution in [0.1, 0.15) is 12.5 Å². The summed E-state index contributed by atoms with van der Waals surface area (Å²) in [6.07, 6.45) is 7.46. The first-order valence-corrected chi connectivity index (χ1v) is 9.28. The maximum atomic E-state index is 13.2. The van der Waals surface area contributed by atoms with Crippen LogP contribution in [0.15, 0.2) is 49.1 Å². The lowest BCUT2D eigenvalue weighted by molar-refractivity contribution is 0.249. The van der Waals surface area contributed by atoms with Gasteiger partial charge in [0, 0.05) is 69.0 Å². The Bertz CT molecular complexity index is 890. The second-order valence-corrected chi connectivity index (χ2v) is 6.70. The lowest BCUT2D eigenvalue weighted by Gasteiger charge is -2.35. The maximum Gasteiger partial charge on any atom is 0.155 e. The van der Waals surface area contributed by atoms with Crippen LogP contribution >= 0.6 is 12.4 Å². The van der Waals surface area contributed by atoms with Crippen molar-refractivity contribution in [3.8, 4) is 11.3 Å². The van der Waals surface area contributed by atoms with Gasteiger partial charge in [-0.15, -0.1) is 12.4 Å². The normalized spacial score (nSPS) is 14.7. The number of halogens is 2. The van der Waals surface area contributed by atoms with E-state index in [0.29, 0.717) is 0 Å². The average Bonchev–Trinajstić information content (AvgIpc) is 3.17. The highest BCUT2D eigenvalue weighted by Gasteiger charge is 2.21. The number of aromatic nitrogens is 4. The third-order valence-electron chi connectivity index (χ3n) is 4.89. The Morgan fingerprint density at radius 2 is 1.71 bits per heavy atom. The van der Waals surface area contributed by atoms with Crippen molar-refractivity contribution in [2.24, 2.45) is 0 Å². The van der Waals surface area contributed by atoms with Crippen molar-refractivity contribution < 1.29 is 4.39 Å². The molecule has 0 atom stereocenters. The van der Waals surface area contributed by atoms with E-state index in [9.17, 15) is 4.39 Å². The first-order valence-electron chi connectivity index (χ1n) is 9.28. The number of nitrogens with zero attached hydrogens (tertiary/aromatic N) is 6. The minimum atomic E-state index is -0.246. The van der Waals surface area contributed by atoms with Crippen LogP contribution in [-0.2, 0) is 13.1 Å². The number of anilines is 1. The first-order chi connectivity index (χ1) is 13.2. The predicted octanol–water partition coefficient (Wildman–Crippen LogP) is 3.24. The number of hydrogen-bond donors (Lipinski definition) is 0. The fraction of sp³-hybridized carbons (Fsp3) is 0.350. The number of piperazine rings is 1.